The van der Waals surface area contributed by atoms with Gasteiger partial charge in [-0.25, -0.2) is 9.50 Å². The lowest BCUT2D eigenvalue weighted by molar-refractivity contribution is 0.603. The Kier molecular flexibility index (Phi) is 3.11. The molecule has 0 radical (unpaired) electrons. The van der Waals surface area contributed by atoms with Gasteiger partial charge in [-0.2, -0.15) is 0 Å². The van der Waals surface area contributed by atoms with E-state index < -0.39 is 0 Å². The average molecular weight is 309 g/mol. The summed E-state index contributed by atoms with van der Waals surface area (Å²) in [6.07, 6.45) is 3.34. The minimum Gasteiger partial charge on any atom is -0.307 e. The molecule has 3 heterocycles. The van der Waals surface area contributed by atoms with Crippen LogP contribution in [0.25, 0.3) is 5.65 Å². The highest BCUT2D eigenvalue weighted by molar-refractivity contribution is 9.10. The van der Waals surface area contributed by atoms with Crippen LogP contribution in [0.5, 0.6) is 0 Å². The van der Waals surface area contributed by atoms with Gasteiger partial charge in [0.1, 0.15) is 4.60 Å². The molecule has 1 atom stereocenters. The largest absolute Gasteiger partial charge is 0.307 e. The van der Waals surface area contributed by atoms with Crippen molar-refractivity contribution in [3.63, 3.8) is 0 Å². The van der Waals surface area contributed by atoms with Gasteiger partial charge < -0.3 is 5.32 Å². The third-order valence-corrected chi connectivity index (χ3v) is 4.45. The van der Waals surface area contributed by atoms with Crippen molar-refractivity contribution in [2.45, 2.75) is 39.2 Å². The van der Waals surface area contributed by atoms with Crippen LogP contribution in [0.2, 0.25) is 0 Å². The number of hydrogen-bond acceptors (Lipinski definition) is 3. The molecular formula is C13H17BrN4. The Morgan fingerprint density at radius 2 is 2.39 bits per heavy atom. The summed E-state index contributed by atoms with van der Waals surface area (Å²) in [5, 5.41) is 8.08. The molecule has 1 N–H and O–H groups in total. The van der Waals surface area contributed by atoms with Crippen molar-refractivity contribution in [1.82, 2.24) is 19.9 Å². The molecule has 2 aromatic heterocycles. The Labute approximate surface area is 115 Å². The summed E-state index contributed by atoms with van der Waals surface area (Å²) in [6, 6.07) is 2.44. The molecule has 18 heavy (non-hydrogen) atoms. The van der Waals surface area contributed by atoms with Gasteiger partial charge in [0.15, 0.2) is 11.5 Å². The van der Waals surface area contributed by atoms with Crippen LogP contribution in [0.15, 0.2) is 10.7 Å². The van der Waals surface area contributed by atoms with E-state index in [-0.39, 0.29) is 0 Å². The summed E-state index contributed by atoms with van der Waals surface area (Å²) in [4.78, 5) is 4.65. The van der Waals surface area contributed by atoms with Crippen molar-refractivity contribution >= 4 is 21.6 Å². The fourth-order valence-electron chi connectivity index (χ4n) is 2.63. The van der Waals surface area contributed by atoms with Gasteiger partial charge in [-0.15, -0.1) is 5.10 Å². The average Bonchev–Trinajstić information content (AvgIpc) is 2.96. The van der Waals surface area contributed by atoms with Crippen molar-refractivity contribution in [2.24, 2.45) is 0 Å². The molecule has 0 amide bonds. The lowest BCUT2D eigenvalue weighted by atomic mass is 10.1. The number of hydrogen-bond donors (Lipinski definition) is 1. The van der Waals surface area contributed by atoms with Crippen LogP contribution < -0.4 is 5.32 Å². The van der Waals surface area contributed by atoms with E-state index >= 15 is 0 Å². The first-order valence-electron chi connectivity index (χ1n) is 6.48. The second-order valence-electron chi connectivity index (χ2n) is 4.84. The van der Waals surface area contributed by atoms with E-state index in [4.69, 9.17) is 0 Å². The Morgan fingerprint density at radius 1 is 1.56 bits per heavy atom. The number of aromatic nitrogens is 3. The van der Waals surface area contributed by atoms with Gasteiger partial charge in [0.25, 0.3) is 0 Å². The molecule has 1 saturated heterocycles. The first-order chi connectivity index (χ1) is 8.70. The number of nitrogens with one attached hydrogen (secondary N) is 1. The second-order valence-corrected chi connectivity index (χ2v) is 5.59. The topological polar surface area (TPSA) is 42.2 Å². The smallest absolute Gasteiger partial charge is 0.168 e. The maximum Gasteiger partial charge on any atom is 0.168 e. The summed E-state index contributed by atoms with van der Waals surface area (Å²) < 4.78 is 2.96. The Hall–Kier alpha value is -0.940. The summed E-state index contributed by atoms with van der Waals surface area (Å²) >= 11 is 3.65. The summed E-state index contributed by atoms with van der Waals surface area (Å²) in [5.41, 5.74) is 3.51. The van der Waals surface area contributed by atoms with Gasteiger partial charge in [-0.1, -0.05) is 6.92 Å². The molecule has 1 unspecified atom stereocenters. The Morgan fingerprint density at radius 3 is 3.06 bits per heavy atom. The number of rotatable bonds is 2. The molecular weight excluding hydrogens is 292 g/mol. The van der Waals surface area contributed by atoms with E-state index in [0.29, 0.717) is 6.04 Å². The summed E-state index contributed by atoms with van der Waals surface area (Å²) in [5.74, 6) is 0.917. The predicted octanol–water partition coefficient (Wildman–Crippen LogP) is 2.79. The van der Waals surface area contributed by atoms with Gasteiger partial charge in [0.05, 0.1) is 6.04 Å². The van der Waals surface area contributed by atoms with Crippen LogP contribution >= 0.6 is 15.9 Å². The molecule has 1 fully saturated rings. The van der Waals surface area contributed by atoms with E-state index in [0.717, 1.165) is 35.5 Å². The molecule has 1 aliphatic heterocycles. The number of fused-ring (bicyclic) bond motifs is 1. The van der Waals surface area contributed by atoms with E-state index in [9.17, 15) is 0 Å². The van der Waals surface area contributed by atoms with Gasteiger partial charge in [0.2, 0.25) is 0 Å². The highest BCUT2D eigenvalue weighted by Gasteiger charge is 2.21. The first-order valence-corrected chi connectivity index (χ1v) is 7.28. The van der Waals surface area contributed by atoms with E-state index in [1.807, 2.05) is 4.52 Å². The SMILES string of the molecule is CCc1c(C)cc2nc(C3CCCN3)nn2c1Br. The number of nitrogens with zero attached hydrogens (tertiary/aromatic N) is 3. The van der Waals surface area contributed by atoms with Crippen molar-refractivity contribution in [3.05, 3.63) is 27.6 Å². The maximum atomic E-state index is 4.65. The molecule has 0 spiro atoms. The van der Waals surface area contributed by atoms with Gasteiger partial charge in [-0.05, 0) is 65.9 Å². The number of pyridine rings is 1. The van der Waals surface area contributed by atoms with Gasteiger partial charge >= 0.3 is 0 Å². The first kappa shape index (κ1) is 12.1. The molecule has 3 rings (SSSR count). The second kappa shape index (κ2) is 4.63. The fraction of sp³-hybridized carbons (Fsp3) is 0.538. The molecule has 0 aliphatic carbocycles. The third-order valence-electron chi connectivity index (χ3n) is 3.63. The Balaban J connectivity index is 2.13. The van der Waals surface area contributed by atoms with E-state index in [2.05, 4.69) is 51.2 Å². The van der Waals surface area contributed by atoms with Gasteiger partial charge in [-0.3, -0.25) is 0 Å². The van der Waals surface area contributed by atoms with Crippen molar-refractivity contribution in [2.75, 3.05) is 6.54 Å². The standard InChI is InChI=1S/C13H17BrN4/c1-3-9-8(2)7-11-16-13(10-5-4-6-15-10)17-18(11)12(9)14/h7,10,15H,3-6H2,1-2H3. The molecule has 4 nitrogen and oxygen atoms in total. The normalized spacial score (nSPS) is 19.8. The van der Waals surface area contributed by atoms with E-state index in [1.54, 1.807) is 0 Å². The minimum absolute atomic E-state index is 0.321. The summed E-state index contributed by atoms with van der Waals surface area (Å²) in [6.45, 7) is 5.36. The quantitative estimate of drug-likeness (QED) is 0.868. The monoisotopic (exact) mass is 308 g/mol. The predicted molar refractivity (Wildman–Crippen MR) is 74.8 cm³/mol. The third kappa shape index (κ3) is 1.86. The van der Waals surface area contributed by atoms with Gasteiger partial charge in [0, 0.05) is 0 Å². The van der Waals surface area contributed by atoms with E-state index in [1.165, 1.54) is 17.5 Å². The highest BCUT2D eigenvalue weighted by atomic mass is 79.9. The minimum atomic E-state index is 0.321. The van der Waals surface area contributed by atoms with Crippen LogP contribution in [0.1, 0.15) is 42.8 Å². The zero-order valence-electron chi connectivity index (χ0n) is 10.7. The lowest BCUT2D eigenvalue weighted by Gasteiger charge is -2.06. The molecule has 0 aromatic carbocycles. The van der Waals surface area contributed by atoms with Crippen LogP contribution in [0.3, 0.4) is 0 Å². The molecule has 96 valence electrons. The molecule has 2 aromatic rings. The lowest BCUT2D eigenvalue weighted by Crippen LogP contribution is -2.14. The summed E-state index contributed by atoms with van der Waals surface area (Å²) in [7, 11) is 0. The van der Waals surface area contributed by atoms with Crippen LogP contribution in [-0.2, 0) is 6.42 Å². The molecule has 5 heteroatoms. The van der Waals surface area contributed by atoms with Crippen molar-refractivity contribution < 1.29 is 0 Å². The van der Waals surface area contributed by atoms with Crippen LogP contribution in [0.4, 0.5) is 0 Å². The van der Waals surface area contributed by atoms with Crippen molar-refractivity contribution in [1.29, 1.82) is 0 Å². The Bertz CT molecular complexity index is 584. The molecule has 1 aliphatic rings. The highest BCUT2D eigenvalue weighted by Crippen LogP contribution is 2.26. The zero-order valence-corrected chi connectivity index (χ0v) is 12.3. The molecule has 0 saturated carbocycles. The molecule has 0 bridgehead atoms. The van der Waals surface area contributed by atoms with Crippen LogP contribution in [-0.4, -0.2) is 21.1 Å². The van der Waals surface area contributed by atoms with Crippen LogP contribution in [0, 0.1) is 6.92 Å². The number of aryl methyl sites for hydroxylation is 1. The van der Waals surface area contributed by atoms with Crippen molar-refractivity contribution in [3.8, 4) is 0 Å². The fourth-order valence-corrected chi connectivity index (χ4v) is 3.48. The maximum absolute atomic E-state index is 4.65. The zero-order chi connectivity index (χ0) is 12.7. The number of halogens is 1.